The highest BCUT2D eigenvalue weighted by Gasteiger charge is 2.24. The number of unbranched alkanes of at least 4 members (excludes halogenated alkanes) is 1. The van der Waals surface area contributed by atoms with Gasteiger partial charge in [0.15, 0.2) is 0 Å². The van der Waals surface area contributed by atoms with Gasteiger partial charge in [-0.25, -0.2) is 0 Å². The fraction of sp³-hybridized carbons (Fsp3) is 0.929. The summed E-state index contributed by atoms with van der Waals surface area (Å²) in [5, 5.41) is 3.14. The van der Waals surface area contributed by atoms with Crippen LogP contribution in [0.2, 0.25) is 0 Å². The zero-order valence-corrected chi connectivity index (χ0v) is 11.9. The molecule has 16 heavy (non-hydrogen) atoms. The second-order valence-electron chi connectivity index (χ2n) is 5.84. The summed E-state index contributed by atoms with van der Waals surface area (Å²) in [7, 11) is 0. The zero-order valence-electron chi connectivity index (χ0n) is 11.9. The van der Waals surface area contributed by atoms with Gasteiger partial charge in [0.05, 0.1) is 0 Å². The van der Waals surface area contributed by atoms with Crippen molar-refractivity contribution < 1.29 is 4.79 Å². The molecule has 2 unspecified atom stereocenters. The molecule has 1 amide bonds. The second-order valence-corrected chi connectivity index (χ2v) is 5.84. The first-order chi connectivity index (χ1) is 7.32. The van der Waals surface area contributed by atoms with Gasteiger partial charge in [-0.3, -0.25) is 4.79 Å². The van der Waals surface area contributed by atoms with Crippen LogP contribution in [0.25, 0.3) is 0 Å². The average molecular weight is 227 g/mol. The number of rotatable bonds is 6. The first kappa shape index (κ1) is 15.5. The van der Waals surface area contributed by atoms with E-state index < -0.39 is 0 Å². The molecule has 2 atom stereocenters. The van der Waals surface area contributed by atoms with Gasteiger partial charge in [-0.15, -0.1) is 0 Å². The van der Waals surface area contributed by atoms with Crippen molar-refractivity contribution in [3.63, 3.8) is 0 Å². The number of carbonyl (C=O) groups is 1. The van der Waals surface area contributed by atoms with E-state index in [-0.39, 0.29) is 23.3 Å². The maximum Gasteiger partial charge on any atom is 0.223 e. The van der Waals surface area contributed by atoms with Crippen molar-refractivity contribution in [2.45, 2.75) is 73.3 Å². The standard InChI is InChI=1S/C14H29NO/c1-7-9-10-12(8-2)13(16)15-11(3)14(4,5)6/h11-12H,7-10H2,1-6H3,(H,15,16). The smallest absolute Gasteiger partial charge is 0.223 e. The predicted octanol–water partition coefficient (Wildman–Crippen LogP) is 3.75. The Bertz CT molecular complexity index is 205. The van der Waals surface area contributed by atoms with Crippen molar-refractivity contribution in [2.75, 3.05) is 0 Å². The fourth-order valence-corrected chi connectivity index (χ4v) is 1.52. The monoisotopic (exact) mass is 227 g/mol. The van der Waals surface area contributed by atoms with Crippen LogP contribution in [0.1, 0.15) is 67.2 Å². The summed E-state index contributed by atoms with van der Waals surface area (Å²) in [6.07, 6.45) is 4.28. The van der Waals surface area contributed by atoms with E-state index in [1.54, 1.807) is 0 Å². The van der Waals surface area contributed by atoms with Crippen LogP contribution in [0.15, 0.2) is 0 Å². The Morgan fingerprint density at radius 1 is 1.25 bits per heavy atom. The Labute approximate surface area is 101 Å². The molecular weight excluding hydrogens is 198 g/mol. The predicted molar refractivity (Wildman–Crippen MR) is 70.4 cm³/mol. The number of carbonyl (C=O) groups excluding carboxylic acids is 1. The molecule has 0 aromatic rings. The highest BCUT2D eigenvalue weighted by atomic mass is 16.1. The molecule has 2 nitrogen and oxygen atoms in total. The molecule has 2 heteroatoms. The van der Waals surface area contributed by atoms with Crippen molar-refractivity contribution in [1.29, 1.82) is 0 Å². The van der Waals surface area contributed by atoms with Gasteiger partial charge in [-0.1, -0.05) is 47.5 Å². The highest BCUT2D eigenvalue weighted by Crippen LogP contribution is 2.20. The van der Waals surface area contributed by atoms with E-state index in [2.05, 4.69) is 46.9 Å². The molecule has 0 bridgehead atoms. The van der Waals surface area contributed by atoms with Crippen LogP contribution in [0.5, 0.6) is 0 Å². The topological polar surface area (TPSA) is 29.1 Å². The summed E-state index contributed by atoms with van der Waals surface area (Å²) in [4.78, 5) is 12.0. The molecule has 0 aliphatic heterocycles. The first-order valence-electron chi connectivity index (χ1n) is 6.63. The van der Waals surface area contributed by atoms with Crippen molar-refractivity contribution in [3.05, 3.63) is 0 Å². The molecule has 0 aliphatic rings. The lowest BCUT2D eigenvalue weighted by Gasteiger charge is -2.29. The maximum absolute atomic E-state index is 12.0. The van der Waals surface area contributed by atoms with Gasteiger partial charge >= 0.3 is 0 Å². The minimum absolute atomic E-state index is 0.138. The molecule has 0 aromatic carbocycles. The van der Waals surface area contributed by atoms with Gasteiger partial charge in [0.2, 0.25) is 5.91 Å². The lowest BCUT2D eigenvalue weighted by molar-refractivity contribution is -0.126. The maximum atomic E-state index is 12.0. The van der Waals surface area contributed by atoms with Gasteiger partial charge < -0.3 is 5.32 Å². The van der Waals surface area contributed by atoms with Gasteiger partial charge in [0.1, 0.15) is 0 Å². The van der Waals surface area contributed by atoms with Crippen LogP contribution in [0, 0.1) is 11.3 Å². The van der Waals surface area contributed by atoms with E-state index in [4.69, 9.17) is 0 Å². The lowest BCUT2D eigenvalue weighted by atomic mass is 9.87. The zero-order chi connectivity index (χ0) is 12.8. The Kier molecular flexibility index (Phi) is 6.70. The molecule has 96 valence electrons. The number of hydrogen-bond donors (Lipinski definition) is 1. The molecule has 0 rings (SSSR count). The van der Waals surface area contributed by atoms with Gasteiger partial charge in [0.25, 0.3) is 0 Å². The molecule has 0 aliphatic carbocycles. The first-order valence-corrected chi connectivity index (χ1v) is 6.63. The van der Waals surface area contributed by atoms with Crippen LogP contribution in [-0.2, 0) is 4.79 Å². The van der Waals surface area contributed by atoms with E-state index in [1.807, 2.05) is 0 Å². The summed E-state index contributed by atoms with van der Waals surface area (Å²) in [6.45, 7) is 12.8. The Morgan fingerprint density at radius 3 is 2.19 bits per heavy atom. The number of nitrogens with one attached hydrogen (secondary N) is 1. The van der Waals surface area contributed by atoms with Crippen LogP contribution < -0.4 is 5.32 Å². The average Bonchev–Trinajstić information content (AvgIpc) is 2.17. The Hall–Kier alpha value is -0.530. The summed E-state index contributed by atoms with van der Waals surface area (Å²) in [5.74, 6) is 0.433. The third kappa shape index (κ3) is 5.53. The van der Waals surface area contributed by atoms with Crippen molar-refractivity contribution in [1.82, 2.24) is 5.32 Å². The molecule has 0 fully saturated rings. The quantitative estimate of drug-likeness (QED) is 0.735. The summed E-state index contributed by atoms with van der Waals surface area (Å²) < 4.78 is 0. The van der Waals surface area contributed by atoms with E-state index in [0.29, 0.717) is 0 Å². The number of amides is 1. The number of hydrogen-bond acceptors (Lipinski definition) is 1. The summed E-state index contributed by atoms with van der Waals surface area (Å²) >= 11 is 0. The molecule has 0 saturated heterocycles. The molecule has 0 saturated carbocycles. The van der Waals surface area contributed by atoms with Crippen molar-refractivity contribution in [2.24, 2.45) is 11.3 Å². The SMILES string of the molecule is CCCCC(CC)C(=O)NC(C)C(C)(C)C. The van der Waals surface area contributed by atoms with E-state index >= 15 is 0 Å². The van der Waals surface area contributed by atoms with Gasteiger partial charge in [-0.2, -0.15) is 0 Å². The highest BCUT2D eigenvalue weighted by molar-refractivity contribution is 5.78. The summed E-state index contributed by atoms with van der Waals surface area (Å²) in [6, 6.07) is 0.232. The third-order valence-corrected chi connectivity index (χ3v) is 3.43. The molecule has 0 spiro atoms. The fourth-order valence-electron chi connectivity index (χ4n) is 1.52. The van der Waals surface area contributed by atoms with E-state index in [9.17, 15) is 4.79 Å². The molecule has 0 aromatic heterocycles. The van der Waals surface area contributed by atoms with Gasteiger partial charge in [0, 0.05) is 12.0 Å². The van der Waals surface area contributed by atoms with Crippen LogP contribution in [-0.4, -0.2) is 11.9 Å². The third-order valence-electron chi connectivity index (χ3n) is 3.43. The minimum atomic E-state index is 0.138. The second kappa shape index (κ2) is 6.93. The molecular formula is C14H29NO. The molecule has 0 heterocycles. The van der Waals surface area contributed by atoms with Crippen molar-refractivity contribution >= 4 is 5.91 Å². The van der Waals surface area contributed by atoms with Crippen LogP contribution >= 0.6 is 0 Å². The summed E-state index contributed by atoms with van der Waals surface area (Å²) in [5.41, 5.74) is 0.138. The van der Waals surface area contributed by atoms with Crippen LogP contribution in [0.4, 0.5) is 0 Å². The Morgan fingerprint density at radius 2 is 1.81 bits per heavy atom. The van der Waals surface area contributed by atoms with E-state index in [0.717, 1.165) is 19.3 Å². The molecule has 0 radical (unpaired) electrons. The minimum Gasteiger partial charge on any atom is -0.353 e. The van der Waals surface area contributed by atoms with Crippen LogP contribution in [0.3, 0.4) is 0 Å². The van der Waals surface area contributed by atoms with E-state index in [1.165, 1.54) is 6.42 Å². The molecule has 1 N–H and O–H groups in total. The van der Waals surface area contributed by atoms with Gasteiger partial charge in [-0.05, 0) is 25.2 Å². The lowest BCUT2D eigenvalue weighted by Crippen LogP contribution is -2.44. The van der Waals surface area contributed by atoms with Crippen molar-refractivity contribution in [3.8, 4) is 0 Å². The normalized spacial score (nSPS) is 15.6. The largest absolute Gasteiger partial charge is 0.353 e. The Balaban J connectivity index is 4.21.